The summed E-state index contributed by atoms with van der Waals surface area (Å²) in [5, 5.41) is 2.63. The second-order valence-electron chi connectivity index (χ2n) is 6.67. The fraction of sp³-hybridized carbons (Fsp3) is 0.375. The highest BCUT2D eigenvalue weighted by atomic mass is 35.5. The fourth-order valence-corrected chi connectivity index (χ4v) is 3.35. The van der Waals surface area contributed by atoms with Gasteiger partial charge < -0.3 is 9.30 Å². The maximum absolute atomic E-state index is 6.06. The van der Waals surface area contributed by atoms with Crippen LogP contribution in [0.1, 0.15) is 0 Å². The van der Waals surface area contributed by atoms with Crippen LogP contribution in [0.25, 0.3) is 21.9 Å². The number of hydrogen-bond donors (Lipinski definition) is 0. The van der Waals surface area contributed by atoms with Crippen molar-refractivity contribution in [2.45, 2.75) is 32.4 Å². The van der Waals surface area contributed by atoms with Crippen LogP contribution in [0.15, 0.2) is 30.6 Å². The first-order valence-corrected chi connectivity index (χ1v) is 11.5. The molecule has 6 heteroatoms. The van der Waals surface area contributed by atoms with E-state index in [9.17, 15) is 0 Å². The smallest absolute Gasteiger partial charge is 0.144 e. The molecule has 0 aliphatic carbocycles. The van der Waals surface area contributed by atoms with Crippen molar-refractivity contribution in [2.24, 2.45) is 0 Å². The molecular formula is C16H20ClN3OSi. The number of aromatic nitrogens is 3. The second kappa shape index (κ2) is 5.99. The topological polar surface area (TPSA) is 39.9 Å². The molecule has 0 aliphatic heterocycles. The first-order valence-electron chi connectivity index (χ1n) is 7.42. The highest BCUT2D eigenvalue weighted by Gasteiger charge is 2.14. The van der Waals surface area contributed by atoms with Crippen LogP contribution in [0.2, 0.25) is 30.8 Å². The lowest BCUT2D eigenvalue weighted by atomic mass is 10.2. The molecule has 0 fully saturated rings. The Hall–Kier alpha value is -1.43. The molecule has 0 spiro atoms. The Morgan fingerprint density at radius 3 is 2.77 bits per heavy atom. The van der Waals surface area contributed by atoms with E-state index >= 15 is 0 Å². The van der Waals surface area contributed by atoms with Gasteiger partial charge in [0, 0.05) is 37.8 Å². The molecule has 0 aromatic carbocycles. The summed E-state index contributed by atoms with van der Waals surface area (Å²) < 4.78 is 7.98. The summed E-state index contributed by atoms with van der Waals surface area (Å²) in [4.78, 5) is 8.69. The van der Waals surface area contributed by atoms with E-state index in [2.05, 4.69) is 34.2 Å². The van der Waals surface area contributed by atoms with Gasteiger partial charge in [-0.3, -0.25) is 4.98 Å². The van der Waals surface area contributed by atoms with Crippen LogP contribution in [0.4, 0.5) is 0 Å². The Bertz CT molecular complexity index is 810. The van der Waals surface area contributed by atoms with E-state index in [1.54, 1.807) is 6.20 Å². The molecule has 0 saturated heterocycles. The van der Waals surface area contributed by atoms with Crippen LogP contribution in [-0.4, -0.2) is 29.2 Å². The van der Waals surface area contributed by atoms with Crippen molar-refractivity contribution < 1.29 is 4.74 Å². The van der Waals surface area contributed by atoms with E-state index in [4.69, 9.17) is 16.3 Å². The van der Waals surface area contributed by atoms with Gasteiger partial charge in [0.15, 0.2) is 0 Å². The van der Waals surface area contributed by atoms with Gasteiger partial charge in [0.05, 0.1) is 5.52 Å². The van der Waals surface area contributed by atoms with E-state index in [0.29, 0.717) is 11.9 Å². The zero-order chi connectivity index (χ0) is 15.7. The van der Waals surface area contributed by atoms with Gasteiger partial charge in [-0.15, -0.1) is 0 Å². The molecule has 22 heavy (non-hydrogen) atoms. The molecule has 0 N–H and O–H groups in total. The summed E-state index contributed by atoms with van der Waals surface area (Å²) in [6.45, 7) is 8.32. The third-order valence-electron chi connectivity index (χ3n) is 3.69. The third kappa shape index (κ3) is 3.16. The van der Waals surface area contributed by atoms with Crippen molar-refractivity contribution in [1.82, 2.24) is 14.5 Å². The average Bonchev–Trinajstić information content (AvgIpc) is 2.76. The largest absolute Gasteiger partial charge is 0.361 e. The number of rotatable bonds is 5. The molecule has 0 amide bonds. The maximum atomic E-state index is 6.06. The van der Waals surface area contributed by atoms with Crippen LogP contribution in [0.5, 0.6) is 0 Å². The molecule has 0 bridgehead atoms. The quantitative estimate of drug-likeness (QED) is 0.390. The van der Waals surface area contributed by atoms with Crippen molar-refractivity contribution in [3.8, 4) is 0 Å². The lowest BCUT2D eigenvalue weighted by molar-refractivity contribution is 0.0926. The van der Waals surface area contributed by atoms with E-state index in [1.807, 2.05) is 24.4 Å². The van der Waals surface area contributed by atoms with Crippen molar-refractivity contribution in [3.63, 3.8) is 0 Å². The molecule has 0 saturated carbocycles. The van der Waals surface area contributed by atoms with E-state index in [0.717, 1.165) is 34.6 Å². The summed E-state index contributed by atoms with van der Waals surface area (Å²) >= 11 is 6.06. The van der Waals surface area contributed by atoms with Gasteiger partial charge >= 0.3 is 0 Å². The zero-order valence-corrected chi connectivity index (χ0v) is 14.9. The summed E-state index contributed by atoms with van der Waals surface area (Å²) in [6, 6.07) is 6.95. The highest BCUT2D eigenvalue weighted by Crippen LogP contribution is 2.28. The van der Waals surface area contributed by atoms with Gasteiger partial charge in [-0.2, -0.15) is 0 Å². The summed E-state index contributed by atoms with van der Waals surface area (Å²) in [5.41, 5.74) is 1.93. The summed E-state index contributed by atoms with van der Waals surface area (Å²) in [7, 11) is -1.08. The van der Waals surface area contributed by atoms with Crippen LogP contribution in [0.3, 0.4) is 0 Å². The van der Waals surface area contributed by atoms with E-state index in [-0.39, 0.29) is 0 Å². The Balaban J connectivity index is 1.94. The van der Waals surface area contributed by atoms with Gasteiger partial charge in [0.25, 0.3) is 0 Å². The van der Waals surface area contributed by atoms with E-state index in [1.165, 1.54) is 0 Å². The summed E-state index contributed by atoms with van der Waals surface area (Å²) in [5.74, 6) is 0. The van der Waals surface area contributed by atoms with Crippen molar-refractivity contribution in [3.05, 3.63) is 35.7 Å². The van der Waals surface area contributed by atoms with Gasteiger partial charge in [-0.05, 0) is 24.2 Å². The van der Waals surface area contributed by atoms with Crippen LogP contribution < -0.4 is 0 Å². The Labute approximate surface area is 136 Å². The standard InChI is InChI=1S/C16H20ClN3OSi/c1-22(2,3)9-8-21-11-20-14-6-7-18-10-13(14)12-4-5-15(17)19-16(12)20/h4-7,10H,8-9,11H2,1-3H3. The Morgan fingerprint density at radius 1 is 1.18 bits per heavy atom. The molecule has 0 radical (unpaired) electrons. The van der Waals surface area contributed by atoms with Gasteiger partial charge in [0.1, 0.15) is 17.5 Å². The lowest BCUT2D eigenvalue weighted by Crippen LogP contribution is -2.22. The molecule has 3 aromatic rings. The van der Waals surface area contributed by atoms with Crippen LogP contribution in [0, 0.1) is 0 Å². The zero-order valence-electron chi connectivity index (χ0n) is 13.1. The molecule has 0 unspecified atom stereocenters. The number of hydrogen-bond acceptors (Lipinski definition) is 3. The van der Waals surface area contributed by atoms with Crippen molar-refractivity contribution in [2.75, 3.05) is 6.61 Å². The molecular weight excluding hydrogens is 314 g/mol. The molecule has 116 valence electrons. The maximum Gasteiger partial charge on any atom is 0.144 e. The molecule has 0 aliphatic rings. The lowest BCUT2D eigenvalue weighted by Gasteiger charge is -2.16. The van der Waals surface area contributed by atoms with Gasteiger partial charge in [-0.25, -0.2) is 4.98 Å². The minimum absolute atomic E-state index is 0.488. The van der Waals surface area contributed by atoms with Crippen molar-refractivity contribution in [1.29, 1.82) is 0 Å². The molecule has 3 rings (SSSR count). The average molecular weight is 334 g/mol. The fourth-order valence-electron chi connectivity index (χ4n) is 2.45. The molecule has 0 atom stereocenters. The third-order valence-corrected chi connectivity index (χ3v) is 5.61. The number of ether oxygens (including phenoxy) is 1. The minimum atomic E-state index is -1.08. The molecule has 3 aromatic heterocycles. The molecule has 3 heterocycles. The number of pyridine rings is 2. The van der Waals surface area contributed by atoms with Gasteiger partial charge in [0.2, 0.25) is 0 Å². The monoisotopic (exact) mass is 333 g/mol. The van der Waals surface area contributed by atoms with Gasteiger partial charge in [-0.1, -0.05) is 31.2 Å². The predicted molar refractivity (Wildman–Crippen MR) is 94.1 cm³/mol. The number of nitrogens with zero attached hydrogens (tertiary/aromatic N) is 3. The SMILES string of the molecule is C[Si](C)(C)CCOCn1c2ccncc2c2ccc(Cl)nc21. The number of halogens is 1. The Morgan fingerprint density at radius 2 is 2.00 bits per heavy atom. The predicted octanol–water partition coefficient (Wildman–Crippen LogP) is 4.55. The first kappa shape index (κ1) is 15.5. The van der Waals surface area contributed by atoms with Crippen LogP contribution >= 0.6 is 11.6 Å². The normalized spacial score (nSPS) is 12.4. The second-order valence-corrected chi connectivity index (χ2v) is 12.7. The number of fused-ring (bicyclic) bond motifs is 3. The summed E-state index contributed by atoms with van der Waals surface area (Å²) in [6.07, 6.45) is 3.66. The molecule has 4 nitrogen and oxygen atoms in total. The highest BCUT2D eigenvalue weighted by molar-refractivity contribution is 6.76. The van der Waals surface area contributed by atoms with E-state index < -0.39 is 8.07 Å². The minimum Gasteiger partial charge on any atom is -0.361 e. The van der Waals surface area contributed by atoms with Crippen molar-refractivity contribution >= 4 is 41.6 Å². The van der Waals surface area contributed by atoms with Crippen LogP contribution in [-0.2, 0) is 11.5 Å². The Kier molecular flexibility index (Phi) is 4.21. The first-order chi connectivity index (χ1) is 10.5.